The van der Waals surface area contributed by atoms with Crippen LogP contribution in [0.5, 0.6) is 0 Å². The highest BCUT2D eigenvalue weighted by Gasteiger charge is 2.17. The van der Waals surface area contributed by atoms with Gasteiger partial charge in [0.1, 0.15) is 0 Å². The molecule has 0 fully saturated rings. The van der Waals surface area contributed by atoms with Crippen LogP contribution in [0.3, 0.4) is 0 Å². The highest BCUT2D eigenvalue weighted by atomic mass is 16.2. The van der Waals surface area contributed by atoms with E-state index < -0.39 is 5.91 Å². The van der Waals surface area contributed by atoms with Crippen molar-refractivity contribution in [1.82, 2.24) is 15.1 Å². The maximum atomic E-state index is 12.7. The molecule has 0 radical (unpaired) electrons. The van der Waals surface area contributed by atoms with E-state index in [-0.39, 0.29) is 11.1 Å². The molecule has 0 atom stereocenters. The molecule has 5 heteroatoms. The first-order valence-corrected chi connectivity index (χ1v) is 8.19. The first-order chi connectivity index (χ1) is 11.9. The minimum atomic E-state index is -0.456. The van der Waals surface area contributed by atoms with Gasteiger partial charge >= 0.3 is 0 Å². The first kappa shape index (κ1) is 16.9. The second-order valence-electron chi connectivity index (χ2n) is 6.45. The molecule has 0 aliphatic rings. The SMILES string of the molecule is Cc1ccc(CNC(=O)c2nn(C)c3c(C)cc(C)cc3c2=O)cc1. The van der Waals surface area contributed by atoms with Gasteiger partial charge < -0.3 is 5.32 Å². The van der Waals surface area contributed by atoms with Crippen molar-refractivity contribution in [3.63, 3.8) is 0 Å². The quantitative estimate of drug-likeness (QED) is 0.800. The third kappa shape index (κ3) is 3.31. The van der Waals surface area contributed by atoms with E-state index in [1.54, 1.807) is 11.7 Å². The number of benzene rings is 2. The molecule has 1 amide bonds. The van der Waals surface area contributed by atoms with Crippen LogP contribution in [0.1, 0.15) is 32.7 Å². The van der Waals surface area contributed by atoms with Crippen LogP contribution < -0.4 is 10.7 Å². The van der Waals surface area contributed by atoms with Gasteiger partial charge in [-0.15, -0.1) is 0 Å². The Morgan fingerprint density at radius 3 is 2.44 bits per heavy atom. The van der Waals surface area contributed by atoms with E-state index in [0.717, 1.165) is 27.8 Å². The van der Waals surface area contributed by atoms with E-state index in [4.69, 9.17) is 0 Å². The third-order valence-electron chi connectivity index (χ3n) is 4.27. The number of nitrogens with zero attached hydrogens (tertiary/aromatic N) is 2. The molecule has 2 aromatic carbocycles. The summed E-state index contributed by atoms with van der Waals surface area (Å²) in [6.45, 7) is 6.24. The number of amides is 1. The topological polar surface area (TPSA) is 64.0 Å². The van der Waals surface area contributed by atoms with Crippen molar-refractivity contribution >= 4 is 16.8 Å². The molecule has 0 unspecified atom stereocenters. The van der Waals surface area contributed by atoms with Crippen molar-refractivity contribution in [3.05, 3.63) is 74.6 Å². The molecular weight excluding hydrogens is 314 g/mol. The fraction of sp³-hybridized carbons (Fsp3) is 0.250. The summed E-state index contributed by atoms with van der Waals surface area (Å²) in [4.78, 5) is 25.2. The summed E-state index contributed by atoms with van der Waals surface area (Å²) < 4.78 is 1.60. The van der Waals surface area contributed by atoms with Crippen LogP contribution in [0.4, 0.5) is 0 Å². The molecule has 128 valence electrons. The number of nitrogens with one attached hydrogen (secondary N) is 1. The third-order valence-corrected chi connectivity index (χ3v) is 4.27. The van der Waals surface area contributed by atoms with Crippen LogP contribution >= 0.6 is 0 Å². The van der Waals surface area contributed by atoms with Gasteiger partial charge in [0.15, 0.2) is 5.69 Å². The van der Waals surface area contributed by atoms with Crippen LogP contribution in [0.25, 0.3) is 10.9 Å². The molecule has 1 N–H and O–H groups in total. The van der Waals surface area contributed by atoms with Gasteiger partial charge in [0, 0.05) is 13.6 Å². The highest BCUT2D eigenvalue weighted by Crippen LogP contribution is 2.17. The summed E-state index contributed by atoms with van der Waals surface area (Å²) in [5, 5.41) is 7.52. The predicted octanol–water partition coefficient (Wildman–Crippen LogP) is 2.79. The van der Waals surface area contributed by atoms with Crippen molar-refractivity contribution in [2.24, 2.45) is 7.05 Å². The van der Waals surface area contributed by atoms with Crippen molar-refractivity contribution in [2.45, 2.75) is 27.3 Å². The average Bonchev–Trinajstić information content (AvgIpc) is 2.56. The molecule has 0 aliphatic carbocycles. The summed E-state index contributed by atoms with van der Waals surface area (Å²) >= 11 is 0. The van der Waals surface area contributed by atoms with E-state index in [1.807, 2.05) is 57.2 Å². The fourth-order valence-corrected chi connectivity index (χ4v) is 3.06. The lowest BCUT2D eigenvalue weighted by Gasteiger charge is -2.11. The van der Waals surface area contributed by atoms with Crippen LogP contribution in [0, 0.1) is 20.8 Å². The fourth-order valence-electron chi connectivity index (χ4n) is 3.06. The lowest BCUT2D eigenvalue weighted by molar-refractivity contribution is 0.0943. The summed E-state index contributed by atoms with van der Waals surface area (Å²) in [6, 6.07) is 11.7. The summed E-state index contributed by atoms with van der Waals surface area (Å²) in [5.74, 6) is -0.456. The van der Waals surface area contributed by atoms with Gasteiger partial charge in [0.25, 0.3) is 5.91 Å². The maximum absolute atomic E-state index is 12.7. The molecular formula is C20H21N3O2. The Kier molecular flexibility index (Phi) is 4.40. The Hall–Kier alpha value is -2.95. The van der Waals surface area contributed by atoms with Gasteiger partial charge in [-0.25, -0.2) is 0 Å². The molecule has 0 aliphatic heterocycles. The van der Waals surface area contributed by atoms with Crippen LogP contribution in [-0.4, -0.2) is 15.7 Å². The number of fused-ring (bicyclic) bond motifs is 1. The second kappa shape index (κ2) is 6.51. The monoisotopic (exact) mass is 335 g/mol. The minimum Gasteiger partial charge on any atom is -0.346 e. The van der Waals surface area contributed by atoms with Gasteiger partial charge in [-0.2, -0.15) is 5.10 Å². The van der Waals surface area contributed by atoms with E-state index in [9.17, 15) is 9.59 Å². The van der Waals surface area contributed by atoms with E-state index >= 15 is 0 Å². The lowest BCUT2D eigenvalue weighted by atomic mass is 10.1. The van der Waals surface area contributed by atoms with Gasteiger partial charge in [0.05, 0.1) is 10.9 Å². The van der Waals surface area contributed by atoms with Crippen LogP contribution in [0.15, 0.2) is 41.2 Å². The smallest absolute Gasteiger partial charge is 0.276 e. The maximum Gasteiger partial charge on any atom is 0.276 e. The summed E-state index contributed by atoms with van der Waals surface area (Å²) in [5.41, 5.74) is 4.43. The van der Waals surface area contributed by atoms with Gasteiger partial charge in [-0.1, -0.05) is 35.9 Å². The molecule has 0 saturated carbocycles. The Balaban J connectivity index is 1.95. The van der Waals surface area contributed by atoms with Crippen molar-refractivity contribution in [1.29, 1.82) is 0 Å². The number of aromatic nitrogens is 2. The average molecular weight is 335 g/mol. The number of carbonyl (C=O) groups excluding carboxylic acids is 1. The molecule has 1 aromatic heterocycles. The zero-order valence-electron chi connectivity index (χ0n) is 14.9. The molecule has 3 rings (SSSR count). The van der Waals surface area contributed by atoms with E-state index in [1.165, 1.54) is 0 Å². The van der Waals surface area contributed by atoms with Gasteiger partial charge in [-0.3, -0.25) is 14.3 Å². The zero-order valence-corrected chi connectivity index (χ0v) is 14.9. The molecule has 0 spiro atoms. The molecule has 0 saturated heterocycles. The Morgan fingerprint density at radius 1 is 1.08 bits per heavy atom. The Labute approximate surface area is 146 Å². The molecule has 1 heterocycles. The van der Waals surface area contributed by atoms with E-state index in [2.05, 4.69) is 10.4 Å². The number of hydrogen-bond acceptors (Lipinski definition) is 3. The number of carbonyl (C=O) groups is 1. The molecule has 3 aromatic rings. The Bertz CT molecular complexity index is 1020. The highest BCUT2D eigenvalue weighted by molar-refractivity contribution is 5.95. The van der Waals surface area contributed by atoms with Crippen LogP contribution in [0.2, 0.25) is 0 Å². The van der Waals surface area contributed by atoms with Crippen molar-refractivity contribution in [3.8, 4) is 0 Å². The normalized spacial score (nSPS) is 10.9. The van der Waals surface area contributed by atoms with Crippen LogP contribution in [-0.2, 0) is 13.6 Å². The second-order valence-corrected chi connectivity index (χ2v) is 6.45. The number of aryl methyl sites for hydroxylation is 4. The largest absolute Gasteiger partial charge is 0.346 e. The first-order valence-electron chi connectivity index (χ1n) is 8.19. The predicted molar refractivity (Wildman–Crippen MR) is 98.8 cm³/mol. The lowest BCUT2D eigenvalue weighted by Crippen LogP contribution is -2.31. The van der Waals surface area contributed by atoms with E-state index in [0.29, 0.717) is 11.9 Å². The molecule has 5 nitrogen and oxygen atoms in total. The summed E-state index contributed by atoms with van der Waals surface area (Å²) in [7, 11) is 1.75. The molecule has 25 heavy (non-hydrogen) atoms. The standard InChI is InChI=1S/C20H21N3O2/c1-12-5-7-15(8-6-12)11-21-20(25)17-19(24)16-10-13(2)9-14(3)18(16)23(4)22-17/h5-10H,11H2,1-4H3,(H,21,25). The number of hydrogen-bond donors (Lipinski definition) is 1. The zero-order chi connectivity index (χ0) is 18.1. The van der Waals surface area contributed by atoms with Gasteiger partial charge in [-0.05, 0) is 43.5 Å². The van der Waals surface area contributed by atoms with Gasteiger partial charge in [0.2, 0.25) is 5.43 Å². The Morgan fingerprint density at radius 2 is 1.76 bits per heavy atom. The van der Waals surface area contributed by atoms with Crippen molar-refractivity contribution in [2.75, 3.05) is 0 Å². The minimum absolute atomic E-state index is 0.0767. The van der Waals surface area contributed by atoms with Crippen molar-refractivity contribution < 1.29 is 4.79 Å². The molecule has 0 bridgehead atoms. The summed E-state index contributed by atoms with van der Waals surface area (Å²) in [6.07, 6.45) is 0. The number of rotatable bonds is 3.